The molecule has 19 nitrogen and oxygen atoms in total. The molecular formula is C52H96N8O11. The largest absolute Gasteiger partial charge is 0.480 e. The maximum atomic E-state index is 14.4. The maximum absolute atomic E-state index is 14.4. The van der Waals surface area contributed by atoms with E-state index in [9.17, 15) is 48.3 Å². The molecule has 0 aromatic heterocycles. The van der Waals surface area contributed by atoms with Gasteiger partial charge in [-0.3, -0.25) is 33.6 Å². The molecule has 0 radical (unpaired) electrons. The molecule has 8 amide bonds. The van der Waals surface area contributed by atoms with Gasteiger partial charge >= 0.3 is 12.1 Å². The smallest absolute Gasteiger partial charge is 0.408 e. The normalized spacial score (nSPS) is 18.0. The van der Waals surface area contributed by atoms with Crippen LogP contribution < -0.4 is 42.5 Å². The van der Waals surface area contributed by atoms with Crippen molar-refractivity contribution in [3.63, 3.8) is 0 Å². The van der Waals surface area contributed by atoms with Gasteiger partial charge in [0.05, 0.1) is 0 Å². The monoisotopic (exact) mass is 1010 g/mol. The topological polar surface area (TPSA) is 279 Å². The van der Waals surface area contributed by atoms with Crippen LogP contribution in [0.3, 0.4) is 0 Å². The Morgan fingerprint density at radius 3 is 0.718 bits per heavy atom. The van der Waals surface area contributed by atoms with Crippen molar-refractivity contribution in [2.45, 2.75) is 230 Å². The van der Waals surface area contributed by atoms with Crippen molar-refractivity contribution < 1.29 is 53.0 Å². The fourth-order valence-corrected chi connectivity index (χ4v) is 7.57. The number of carbonyl (C=O) groups excluding carboxylic acids is 8. The molecule has 410 valence electrons. The fraction of sp³-hybridized carbons (Fsp3) is 0.827. The lowest BCUT2D eigenvalue weighted by Crippen LogP contribution is -2.63. The molecule has 0 rings (SSSR count). The van der Waals surface area contributed by atoms with E-state index in [-0.39, 0.29) is 11.8 Å². The number of aliphatic carboxylic acids is 1. The van der Waals surface area contributed by atoms with Gasteiger partial charge in [-0.1, -0.05) is 156 Å². The summed E-state index contributed by atoms with van der Waals surface area (Å²) in [4.78, 5) is 124. The van der Waals surface area contributed by atoms with Crippen molar-refractivity contribution in [3.8, 4) is 0 Å². The summed E-state index contributed by atoms with van der Waals surface area (Å²) in [5.74, 6) is -9.01. The highest BCUT2D eigenvalue weighted by molar-refractivity contribution is 5.98. The van der Waals surface area contributed by atoms with Crippen LogP contribution in [0.4, 0.5) is 4.79 Å². The van der Waals surface area contributed by atoms with Crippen LogP contribution in [0.5, 0.6) is 0 Å². The summed E-state index contributed by atoms with van der Waals surface area (Å²) in [6, 6.07) is -9.05. The maximum Gasteiger partial charge on any atom is 0.408 e. The number of carbonyl (C=O) groups is 9. The standard InChI is InChI=1S/C52H96N8O11/c1-20-28(10)36(58-49(67)41(33(15)25-6)60-51(70)71-52(17,18)19)44(62)53-35(27(8)9)43(61)54-37(29(11)21-2)45(63)55-38(30(12)22-3)46(64)56-39(31(13)23-4)47(65)57-40(32(14)24-5)48(66)59-42(50(68)69)34(16)26-7/h27-42H,20-26H2,1-19H3,(H,53,62)(H,54,61)(H,55,63)(H,56,64)(H,57,65)(H,58,67)(H,59,66)(H,60,70)(H,68,69)/t28-,29-,30-,31-,32-,33-,34-,35-,36-,37-,38-,39-,40-,41-,42-/m0/s1. The van der Waals surface area contributed by atoms with E-state index in [1.165, 1.54) is 0 Å². The average molecular weight is 1010 g/mol. The van der Waals surface area contributed by atoms with Gasteiger partial charge in [-0.25, -0.2) is 9.59 Å². The van der Waals surface area contributed by atoms with E-state index in [2.05, 4.69) is 42.5 Å². The van der Waals surface area contributed by atoms with Gasteiger partial charge in [-0.2, -0.15) is 0 Å². The summed E-state index contributed by atoms with van der Waals surface area (Å²) in [6.45, 7) is 33.9. The quantitative estimate of drug-likeness (QED) is 0.0428. The number of hydrogen-bond donors (Lipinski definition) is 9. The lowest BCUT2D eigenvalue weighted by molar-refractivity contribution is -0.144. The number of nitrogens with one attached hydrogen (secondary N) is 8. The van der Waals surface area contributed by atoms with E-state index in [1.54, 1.807) is 83.1 Å². The molecule has 15 atom stereocenters. The summed E-state index contributed by atoms with van der Waals surface area (Å²) in [6.07, 6.45) is 2.56. The van der Waals surface area contributed by atoms with Crippen LogP contribution >= 0.6 is 0 Å². The third-order valence-electron chi connectivity index (χ3n) is 14.2. The van der Waals surface area contributed by atoms with Gasteiger partial charge in [0.15, 0.2) is 0 Å². The van der Waals surface area contributed by atoms with Crippen molar-refractivity contribution in [2.24, 2.45) is 47.3 Å². The molecule has 0 heterocycles. The van der Waals surface area contributed by atoms with E-state index in [0.29, 0.717) is 44.9 Å². The van der Waals surface area contributed by atoms with Crippen molar-refractivity contribution >= 4 is 53.4 Å². The van der Waals surface area contributed by atoms with Gasteiger partial charge in [-0.15, -0.1) is 0 Å². The van der Waals surface area contributed by atoms with Gasteiger partial charge in [0.1, 0.15) is 53.9 Å². The van der Waals surface area contributed by atoms with E-state index in [1.807, 2.05) is 48.5 Å². The number of carboxylic acids is 1. The lowest BCUT2D eigenvalue weighted by atomic mass is 9.92. The minimum absolute atomic E-state index is 0.323. The zero-order chi connectivity index (χ0) is 55.2. The molecule has 0 saturated carbocycles. The van der Waals surface area contributed by atoms with E-state index < -0.39 is 143 Å². The molecule has 19 heteroatoms. The predicted molar refractivity (Wildman–Crippen MR) is 275 cm³/mol. The Hall–Kier alpha value is -4.97. The number of rotatable bonds is 31. The highest BCUT2D eigenvalue weighted by atomic mass is 16.6. The first-order chi connectivity index (χ1) is 32.9. The Balaban J connectivity index is 6.71. The predicted octanol–water partition coefficient (Wildman–Crippen LogP) is 5.34. The number of hydrogen-bond acceptors (Lipinski definition) is 10. The van der Waals surface area contributed by atoms with Crippen LogP contribution in [-0.4, -0.2) is 112 Å². The molecule has 0 spiro atoms. The van der Waals surface area contributed by atoms with Crippen LogP contribution in [-0.2, 0) is 43.1 Å². The van der Waals surface area contributed by atoms with Gasteiger partial charge in [0.25, 0.3) is 0 Å². The van der Waals surface area contributed by atoms with Gasteiger partial charge in [0.2, 0.25) is 41.4 Å². The average Bonchev–Trinajstić information content (AvgIpc) is 3.31. The Labute approximate surface area is 425 Å². The molecule has 0 aliphatic heterocycles. The molecule has 0 aromatic carbocycles. The molecule has 0 unspecified atom stereocenters. The molecule has 0 fully saturated rings. The number of carboxylic acid groups (broad SMARTS) is 1. The summed E-state index contributed by atoms with van der Waals surface area (Å²) in [5.41, 5.74) is -0.812. The van der Waals surface area contributed by atoms with Gasteiger partial charge < -0.3 is 52.4 Å². The van der Waals surface area contributed by atoms with Gasteiger partial charge in [-0.05, 0) is 68.1 Å². The van der Waals surface area contributed by atoms with Crippen LogP contribution in [0.2, 0.25) is 0 Å². The highest BCUT2D eigenvalue weighted by Crippen LogP contribution is 2.19. The zero-order valence-electron chi connectivity index (χ0n) is 46.7. The van der Waals surface area contributed by atoms with Crippen molar-refractivity contribution in [1.29, 1.82) is 0 Å². The summed E-state index contributed by atoms with van der Waals surface area (Å²) in [5, 5.41) is 32.1. The third kappa shape index (κ3) is 21.3. The van der Waals surface area contributed by atoms with Crippen molar-refractivity contribution in [3.05, 3.63) is 0 Å². The van der Waals surface area contributed by atoms with E-state index in [0.717, 1.165) is 0 Å². The second-order valence-corrected chi connectivity index (χ2v) is 21.3. The lowest BCUT2D eigenvalue weighted by Gasteiger charge is -2.33. The van der Waals surface area contributed by atoms with Crippen LogP contribution in [0.25, 0.3) is 0 Å². The Morgan fingerprint density at radius 2 is 0.521 bits per heavy atom. The first-order valence-corrected chi connectivity index (χ1v) is 26.3. The summed E-state index contributed by atoms with van der Waals surface area (Å²) in [7, 11) is 0. The molecule has 0 aliphatic rings. The van der Waals surface area contributed by atoms with E-state index in [4.69, 9.17) is 4.74 Å². The summed E-state index contributed by atoms with van der Waals surface area (Å²) >= 11 is 0. The first-order valence-electron chi connectivity index (χ1n) is 26.3. The highest BCUT2D eigenvalue weighted by Gasteiger charge is 2.40. The first kappa shape index (κ1) is 66.0. The molecule has 0 bridgehead atoms. The molecular weight excluding hydrogens is 913 g/mol. The number of amides is 8. The third-order valence-corrected chi connectivity index (χ3v) is 14.2. The van der Waals surface area contributed by atoms with E-state index >= 15 is 0 Å². The molecule has 71 heavy (non-hydrogen) atoms. The molecule has 0 aromatic rings. The van der Waals surface area contributed by atoms with Gasteiger partial charge in [0, 0.05) is 0 Å². The Bertz CT molecular complexity index is 1760. The number of ether oxygens (including phenoxy) is 1. The Morgan fingerprint density at radius 1 is 0.338 bits per heavy atom. The molecule has 9 N–H and O–H groups in total. The second-order valence-electron chi connectivity index (χ2n) is 21.3. The SMILES string of the molecule is CC[C@H](C)[C@H](NC(=O)[C@@H](NC(=O)[C@@H](NC(=O)[C@@H](NC(=O)[C@@H](NC(=O)[C@@H](NC(=O)[C@@H](NC(=O)[C@@H](NC(=O)OC(C)(C)C)[C@@H](C)CC)[C@@H](C)CC)C(C)C)[C@@H](C)CC)[C@@H](C)CC)[C@@H](C)CC)[C@@H](C)CC)C(=O)O. The second kappa shape index (κ2) is 31.5. The van der Waals surface area contributed by atoms with Crippen LogP contribution in [0, 0.1) is 47.3 Å². The number of alkyl carbamates (subject to hydrolysis) is 1. The van der Waals surface area contributed by atoms with Crippen molar-refractivity contribution in [2.75, 3.05) is 0 Å². The molecule has 0 aliphatic carbocycles. The Kier molecular flexibility index (Phi) is 29.3. The minimum atomic E-state index is -1.19. The summed E-state index contributed by atoms with van der Waals surface area (Å²) < 4.78 is 5.41. The van der Waals surface area contributed by atoms with Crippen molar-refractivity contribution in [1.82, 2.24) is 42.5 Å². The fourth-order valence-electron chi connectivity index (χ4n) is 7.57. The van der Waals surface area contributed by atoms with Crippen LogP contribution in [0.1, 0.15) is 176 Å². The molecule has 0 saturated heterocycles. The van der Waals surface area contributed by atoms with Crippen LogP contribution in [0.15, 0.2) is 0 Å². The zero-order valence-corrected chi connectivity index (χ0v) is 46.7. The minimum Gasteiger partial charge on any atom is -0.480 e.